The number of rotatable bonds is 6. The van der Waals surface area contributed by atoms with Gasteiger partial charge in [-0.2, -0.15) is 5.10 Å². The van der Waals surface area contributed by atoms with Gasteiger partial charge >= 0.3 is 5.97 Å². The van der Waals surface area contributed by atoms with Crippen LogP contribution in [-0.2, 0) is 16.1 Å². The normalized spacial score (nSPS) is 10.1. The molecule has 0 aliphatic carbocycles. The van der Waals surface area contributed by atoms with E-state index in [2.05, 4.69) is 9.84 Å². The minimum Gasteiger partial charge on any atom is -0.469 e. The number of aldehydes is 1. The van der Waals surface area contributed by atoms with Crippen molar-refractivity contribution in [2.24, 2.45) is 0 Å². The molecule has 0 spiro atoms. The lowest BCUT2D eigenvalue weighted by Crippen LogP contribution is -2.03. The van der Waals surface area contributed by atoms with Gasteiger partial charge in [-0.25, -0.2) is 0 Å². The number of aromatic nitrogens is 2. The molecular weight excluding hydrogens is 208 g/mol. The molecule has 0 saturated heterocycles. The first kappa shape index (κ1) is 12.4. The Hall–Kier alpha value is -1.65. The Labute approximate surface area is 94.4 Å². The topological polar surface area (TPSA) is 61.2 Å². The maximum atomic E-state index is 10.8. The van der Waals surface area contributed by atoms with Crippen LogP contribution in [0, 0.1) is 6.92 Å². The summed E-state index contributed by atoms with van der Waals surface area (Å²) in [6, 6.07) is 0. The predicted octanol–water partition coefficient (Wildman–Crippen LogP) is 1.35. The van der Waals surface area contributed by atoms with Crippen molar-refractivity contribution in [3.8, 4) is 0 Å². The summed E-state index contributed by atoms with van der Waals surface area (Å²) >= 11 is 0. The molecule has 0 aliphatic heterocycles. The summed E-state index contributed by atoms with van der Waals surface area (Å²) in [5, 5.41) is 4.10. The van der Waals surface area contributed by atoms with Crippen molar-refractivity contribution in [1.29, 1.82) is 0 Å². The number of hydrogen-bond donors (Lipinski definition) is 0. The van der Waals surface area contributed by atoms with Crippen molar-refractivity contribution in [2.75, 3.05) is 7.11 Å². The Morgan fingerprint density at radius 1 is 1.56 bits per heavy atom. The molecule has 0 aromatic carbocycles. The summed E-state index contributed by atoms with van der Waals surface area (Å²) in [5.41, 5.74) is 1.36. The van der Waals surface area contributed by atoms with Gasteiger partial charge in [0.15, 0.2) is 6.29 Å². The zero-order chi connectivity index (χ0) is 12.0. The van der Waals surface area contributed by atoms with E-state index >= 15 is 0 Å². The predicted molar refractivity (Wildman–Crippen MR) is 58.2 cm³/mol. The van der Waals surface area contributed by atoms with Gasteiger partial charge in [-0.1, -0.05) is 0 Å². The summed E-state index contributed by atoms with van der Waals surface area (Å²) in [6.07, 6.45) is 4.62. The van der Waals surface area contributed by atoms with Crippen molar-refractivity contribution in [2.45, 2.75) is 32.7 Å². The molecule has 88 valence electrons. The van der Waals surface area contributed by atoms with Gasteiger partial charge in [-0.3, -0.25) is 14.3 Å². The van der Waals surface area contributed by atoms with Gasteiger partial charge in [0.1, 0.15) is 5.69 Å². The van der Waals surface area contributed by atoms with E-state index in [0.29, 0.717) is 18.7 Å². The molecule has 0 N–H and O–H groups in total. The number of aryl methyl sites for hydroxylation is 2. The van der Waals surface area contributed by atoms with Crippen LogP contribution in [0.2, 0.25) is 0 Å². The van der Waals surface area contributed by atoms with E-state index in [0.717, 1.165) is 24.7 Å². The van der Waals surface area contributed by atoms with Gasteiger partial charge in [-0.05, 0) is 25.3 Å². The summed E-state index contributed by atoms with van der Waals surface area (Å²) in [6.45, 7) is 2.56. The van der Waals surface area contributed by atoms with E-state index in [1.807, 2.05) is 13.1 Å². The molecule has 1 heterocycles. The molecule has 1 rings (SSSR count). The number of carbonyl (C=O) groups is 2. The van der Waals surface area contributed by atoms with Crippen LogP contribution in [0.25, 0.3) is 0 Å². The number of methoxy groups -OCH3 is 1. The van der Waals surface area contributed by atoms with E-state index in [1.165, 1.54) is 7.11 Å². The molecule has 0 unspecified atom stereocenters. The summed E-state index contributed by atoms with van der Waals surface area (Å²) in [5.74, 6) is -0.190. The fourth-order valence-electron chi connectivity index (χ4n) is 1.41. The Balaban J connectivity index is 2.32. The number of unbranched alkanes of at least 4 members (excludes halogenated alkanes) is 1. The smallest absolute Gasteiger partial charge is 0.305 e. The molecule has 0 saturated carbocycles. The number of nitrogens with zero attached hydrogens (tertiary/aromatic N) is 2. The molecule has 5 heteroatoms. The van der Waals surface area contributed by atoms with Crippen LogP contribution < -0.4 is 0 Å². The van der Waals surface area contributed by atoms with Crippen LogP contribution in [0.4, 0.5) is 0 Å². The standard InChI is InChI=1S/C11H16N2O3/c1-9-7-13(12-10(9)8-14)6-4-3-5-11(15)16-2/h7-8H,3-6H2,1-2H3. The molecule has 1 aromatic heterocycles. The summed E-state index contributed by atoms with van der Waals surface area (Å²) < 4.78 is 6.27. The van der Waals surface area contributed by atoms with Crippen molar-refractivity contribution >= 4 is 12.3 Å². The van der Waals surface area contributed by atoms with Gasteiger partial charge in [0.05, 0.1) is 7.11 Å². The number of hydrogen-bond acceptors (Lipinski definition) is 4. The van der Waals surface area contributed by atoms with E-state index < -0.39 is 0 Å². The molecule has 0 aliphatic rings. The highest BCUT2D eigenvalue weighted by atomic mass is 16.5. The van der Waals surface area contributed by atoms with Crippen molar-refractivity contribution in [1.82, 2.24) is 9.78 Å². The van der Waals surface area contributed by atoms with Crippen molar-refractivity contribution < 1.29 is 14.3 Å². The third-order valence-electron chi connectivity index (χ3n) is 2.34. The lowest BCUT2D eigenvalue weighted by atomic mass is 10.2. The Bertz CT molecular complexity index is 371. The number of esters is 1. The highest BCUT2D eigenvalue weighted by molar-refractivity contribution is 5.73. The second-order valence-electron chi connectivity index (χ2n) is 3.61. The first-order chi connectivity index (χ1) is 7.67. The fourth-order valence-corrected chi connectivity index (χ4v) is 1.41. The highest BCUT2D eigenvalue weighted by Crippen LogP contribution is 2.05. The number of carbonyl (C=O) groups excluding carboxylic acids is 2. The minimum atomic E-state index is -0.190. The first-order valence-electron chi connectivity index (χ1n) is 5.23. The number of ether oxygens (including phenoxy) is 1. The van der Waals surface area contributed by atoms with E-state index in [-0.39, 0.29) is 5.97 Å². The average Bonchev–Trinajstić information content (AvgIpc) is 2.64. The van der Waals surface area contributed by atoms with Gasteiger partial charge in [0.25, 0.3) is 0 Å². The maximum absolute atomic E-state index is 10.8. The quantitative estimate of drug-likeness (QED) is 0.415. The van der Waals surface area contributed by atoms with Crippen LogP contribution in [0.5, 0.6) is 0 Å². The fraction of sp³-hybridized carbons (Fsp3) is 0.545. The van der Waals surface area contributed by atoms with Crippen molar-refractivity contribution in [3.05, 3.63) is 17.5 Å². The van der Waals surface area contributed by atoms with E-state index in [9.17, 15) is 9.59 Å². The van der Waals surface area contributed by atoms with Crippen molar-refractivity contribution in [3.63, 3.8) is 0 Å². The van der Waals surface area contributed by atoms with Gasteiger partial charge in [-0.15, -0.1) is 0 Å². The summed E-state index contributed by atoms with van der Waals surface area (Å²) in [4.78, 5) is 21.4. The molecule has 0 radical (unpaired) electrons. The van der Waals surface area contributed by atoms with Gasteiger partial charge in [0.2, 0.25) is 0 Å². The van der Waals surface area contributed by atoms with Crippen LogP contribution in [0.3, 0.4) is 0 Å². The molecule has 5 nitrogen and oxygen atoms in total. The van der Waals surface area contributed by atoms with Crippen LogP contribution in [0.1, 0.15) is 35.3 Å². The second kappa shape index (κ2) is 6.05. The lowest BCUT2D eigenvalue weighted by Gasteiger charge is -2.00. The van der Waals surface area contributed by atoms with Gasteiger partial charge in [0, 0.05) is 19.2 Å². The SMILES string of the molecule is COC(=O)CCCCn1cc(C)c(C=O)n1. The molecule has 1 aromatic rings. The third-order valence-corrected chi connectivity index (χ3v) is 2.34. The Kier molecular flexibility index (Phi) is 4.69. The molecule has 0 atom stereocenters. The van der Waals surface area contributed by atoms with E-state index in [4.69, 9.17) is 0 Å². The van der Waals surface area contributed by atoms with Crippen LogP contribution in [-0.4, -0.2) is 29.1 Å². The molecule has 0 bridgehead atoms. The molecule has 0 fully saturated rings. The first-order valence-corrected chi connectivity index (χ1v) is 5.23. The minimum absolute atomic E-state index is 0.190. The average molecular weight is 224 g/mol. The Morgan fingerprint density at radius 2 is 2.31 bits per heavy atom. The zero-order valence-electron chi connectivity index (χ0n) is 9.60. The van der Waals surface area contributed by atoms with E-state index in [1.54, 1.807) is 4.68 Å². The third kappa shape index (κ3) is 3.49. The highest BCUT2D eigenvalue weighted by Gasteiger charge is 2.04. The lowest BCUT2D eigenvalue weighted by molar-refractivity contribution is -0.140. The van der Waals surface area contributed by atoms with Crippen LogP contribution in [0.15, 0.2) is 6.20 Å². The molecular formula is C11H16N2O3. The Morgan fingerprint density at radius 3 is 2.88 bits per heavy atom. The largest absolute Gasteiger partial charge is 0.469 e. The zero-order valence-corrected chi connectivity index (χ0v) is 9.60. The molecule has 16 heavy (non-hydrogen) atoms. The molecule has 0 amide bonds. The second-order valence-corrected chi connectivity index (χ2v) is 3.61. The monoisotopic (exact) mass is 224 g/mol. The van der Waals surface area contributed by atoms with Crippen LogP contribution >= 0.6 is 0 Å². The van der Waals surface area contributed by atoms with Gasteiger partial charge < -0.3 is 4.74 Å². The maximum Gasteiger partial charge on any atom is 0.305 e. The summed E-state index contributed by atoms with van der Waals surface area (Å²) in [7, 11) is 1.38.